The van der Waals surface area contributed by atoms with Crippen LogP contribution in [0.1, 0.15) is 24.5 Å². The number of hydrogen-bond donors (Lipinski definition) is 1. The van der Waals surface area contributed by atoms with Crippen LogP contribution in [0, 0.1) is 5.82 Å². The zero-order chi connectivity index (χ0) is 17.3. The maximum atomic E-state index is 13.3. The highest BCUT2D eigenvalue weighted by molar-refractivity contribution is 6.30. The number of hydrogen-bond acceptors (Lipinski definition) is 2. The van der Waals surface area contributed by atoms with Crippen molar-refractivity contribution in [3.8, 4) is 0 Å². The molecule has 0 aromatic heterocycles. The Kier molecular flexibility index (Phi) is 4.28. The molecule has 1 aliphatic heterocycles. The van der Waals surface area contributed by atoms with Crippen LogP contribution in [0.5, 0.6) is 0 Å². The first-order valence-electron chi connectivity index (χ1n) is 7.61. The zero-order valence-corrected chi connectivity index (χ0v) is 13.8. The number of urea groups is 1. The highest BCUT2D eigenvalue weighted by Crippen LogP contribution is 2.33. The van der Waals surface area contributed by atoms with E-state index in [0.717, 1.165) is 4.90 Å². The lowest BCUT2D eigenvalue weighted by atomic mass is 9.87. The summed E-state index contributed by atoms with van der Waals surface area (Å²) in [5, 5.41) is 3.34. The number of carbonyl (C=O) groups is 2. The van der Waals surface area contributed by atoms with Gasteiger partial charge in [0.05, 0.1) is 6.54 Å². The van der Waals surface area contributed by atoms with Gasteiger partial charge in [0.15, 0.2) is 0 Å². The van der Waals surface area contributed by atoms with Crippen LogP contribution in [-0.4, -0.2) is 16.8 Å². The van der Waals surface area contributed by atoms with Gasteiger partial charge < -0.3 is 5.32 Å². The lowest BCUT2D eigenvalue weighted by Crippen LogP contribution is -2.43. The van der Waals surface area contributed by atoms with Gasteiger partial charge in [0, 0.05) is 5.02 Å². The molecule has 24 heavy (non-hydrogen) atoms. The quantitative estimate of drug-likeness (QED) is 0.855. The molecular formula is C18H16ClFN2O2. The number of amides is 3. The summed E-state index contributed by atoms with van der Waals surface area (Å²) >= 11 is 5.90. The molecule has 0 saturated carbocycles. The highest BCUT2D eigenvalue weighted by atomic mass is 35.5. The van der Waals surface area contributed by atoms with Crippen molar-refractivity contribution in [2.75, 3.05) is 0 Å². The number of rotatable bonds is 4. The van der Waals surface area contributed by atoms with Gasteiger partial charge in [-0.25, -0.2) is 9.18 Å². The summed E-state index contributed by atoms with van der Waals surface area (Å²) in [4.78, 5) is 26.4. The van der Waals surface area contributed by atoms with E-state index in [9.17, 15) is 14.0 Å². The SMILES string of the molecule is CC[C@]1(c2ccc(Cl)cc2)NC(=O)N(Cc2cccc(F)c2)C1=O. The standard InChI is InChI=1S/C18H16ClFN2O2/c1-2-18(13-6-8-14(19)9-7-13)16(23)22(17(24)21-18)11-12-4-3-5-15(20)10-12/h3-10H,2,11H2,1H3,(H,21,24)/t18-/m1/s1. The third-order valence-corrected chi connectivity index (χ3v) is 4.52. The Bertz CT molecular complexity index is 794. The topological polar surface area (TPSA) is 49.4 Å². The Hall–Kier alpha value is -2.40. The highest BCUT2D eigenvalue weighted by Gasteiger charge is 2.51. The first kappa shape index (κ1) is 16.5. The second-order valence-electron chi connectivity index (χ2n) is 5.72. The fourth-order valence-corrected chi connectivity index (χ4v) is 3.09. The van der Waals surface area contributed by atoms with Crippen molar-refractivity contribution < 1.29 is 14.0 Å². The second kappa shape index (κ2) is 6.24. The van der Waals surface area contributed by atoms with Gasteiger partial charge in [-0.05, 0) is 41.8 Å². The molecule has 0 aliphatic carbocycles. The Morgan fingerprint density at radius 3 is 2.50 bits per heavy atom. The van der Waals surface area contributed by atoms with Crippen LogP contribution in [-0.2, 0) is 16.9 Å². The average molecular weight is 347 g/mol. The molecule has 1 atom stereocenters. The van der Waals surface area contributed by atoms with Crippen molar-refractivity contribution in [3.63, 3.8) is 0 Å². The van der Waals surface area contributed by atoms with Crippen molar-refractivity contribution >= 4 is 23.5 Å². The van der Waals surface area contributed by atoms with Crippen molar-refractivity contribution in [1.29, 1.82) is 0 Å². The van der Waals surface area contributed by atoms with Gasteiger partial charge in [0.25, 0.3) is 5.91 Å². The van der Waals surface area contributed by atoms with E-state index in [2.05, 4.69) is 5.32 Å². The van der Waals surface area contributed by atoms with Crippen molar-refractivity contribution in [2.45, 2.75) is 25.4 Å². The van der Waals surface area contributed by atoms with Crippen LogP contribution >= 0.6 is 11.6 Å². The average Bonchev–Trinajstić information content (AvgIpc) is 2.81. The summed E-state index contributed by atoms with van der Waals surface area (Å²) in [5.74, 6) is -0.749. The van der Waals surface area contributed by atoms with Gasteiger partial charge >= 0.3 is 6.03 Å². The minimum Gasteiger partial charge on any atom is -0.319 e. The third-order valence-electron chi connectivity index (χ3n) is 4.27. The van der Waals surface area contributed by atoms with Crippen molar-refractivity contribution in [2.24, 2.45) is 0 Å². The number of carbonyl (C=O) groups excluding carboxylic acids is 2. The molecule has 3 amide bonds. The molecule has 0 spiro atoms. The summed E-state index contributed by atoms with van der Waals surface area (Å²) in [6.45, 7) is 1.86. The smallest absolute Gasteiger partial charge is 0.319 e. The van der Waals surface area contributed by atoms with E-state index < -0.39 is 17.4 Å². The van der Waals surface area contributed by atoms with Crippen LogP contribution in [0.3, 0.4) is 0 Å². The molecule has 1 aliphatic rings. The van der Waals surface area contributed by atoms with E-state index in [-0.39, 0.29) is 12.5 Å². The molecule has 0 unspecified atom stereocenters. The Balaban J connectivity index is 1.93. The van der Waals surface area contributed by atoms with Gasteiger partial charge in [-0.1, -0.05) is 42.8 Å². The van der Waals surface area contributed by atoms with Crippen molar-refractivity contribution in [3.05, 3.63) is 70.5 Å². The molecule has 2 aromatic carbocycles. The van der Waals surface area contributed by atoms with Crippen LogP contribution in [0.4, 0.5) is 9.18 Å². The van der Waals surface area contributed by atoms with Crippen LogP contribution in [0.15, 0.2) is 48.5 Å². The zero-order valence-electron chi connectivity index (χ0n) is 13.1. The fourth-order valence-electron chi connectivity index (χ4n) is 2.96. The number of benzene rings is 2. The molecule has 4 nitrogen and oxygen atoms in total. The Morgan fingerprint density at radius 2 is 1.88 bits per heavy atom. The lowest BCUT2D eigenvalue weighted by Gasteiger charge is -2.26. The largest absolute Gasteiger partial charge is 0.325 e. The summed E-state index contributed by atoms with van der Waals surface area (Å²) in [7, 11) is 0. The summed E-state index contributed by atoms with van der Waals surface area (Å²) < 4.78 is 13.3. The molecule has 124 valence electrons. The minimum atomic E-state index is -1.12. The maximum Gasteiger partial charge on any atom is 0.325 e. The van der Waals surface area contributed by atoms with Gasteiger partial charge in [-0.3, -0.25) is 9.69 Å². The molecule has 1 saturated heterocycles. The third kappa shape index (κ3) is 2.76. The number of nitrogens with zero attached hydrogens (tertiary/aromatic N) is 1. The molecule has 0 radical (unpaired) electrons. The molecule has 1 heterocycles. The molecule has 2 aromatic rings. The number of nitrogens with one attached hydrogen (secondary N) is 1. The van der Waals surface area contributed by atoms with Gasteiger partial charge in [-0.15, -0.1) is 0 Å². The van der Waals surface area contributed by atoms with E-state index in [4.69, 9.17) is 11.6 Å². The summed E-state index contributed by atoms with van der Waals surface area (Å²) in [5.41, 5.74) is 0.116. The predicted octanol–water partition coefficient (Wildman–Crippen LogP) is 3.84. The van der Waals surface area contributed by atoms with Crippen LogP contribution in [0.25, 0.3) is 0 Å². The molecule has 3 rings (SSSR count). The first-order chi connectivity index (χ1) is 11.5. The van der Waals surface area contributed by atoms with E-state index in [1.165, 1.54) is 12.1 Å². The molecule has 0 bridgehead atoms. The van der Waals surface area contributed by atoms with E-state index in [1.54, 1.807) is 36.4 Å². The van der Waals surface area contributed by atoms with Crippen LogP contribution in [0.2, 0.25) is 5.02 Å². The number of imide groups is 1. The Morgan fingerprint density at radius 1 is 1.17 bits per heavy atom. The predicted molar refractivity (Wildman–Crippen MR) is 88.9 cm³/mol. The first-order valence-corrected chi connectivity index (χ1v) is 7.98. The summed E-state index contributed by atoms with van der Waals surface area (Å²) in [6, 6.07) is 12.2. The second-order valence-corrected chi connectivity index (χ2v) is 6.15. The van der Waals surface area contributed by atoms with E-state index in [1.807, 2.05) is 6.92 Å². The monoisotopic (exact) mass is 346 g/mol. The van der Waals surface area contributed by atoms with E-state index in [0.29, 0.717) is 22.6 Å². The van der Waals surface area contributed by atoms with Crippen LogP contribution < -0.4 is 5.32 Å². The van der Waals surface area contributed by atoms with Gasteiger partial charge in [-0.2, -0.15) is 0 Å². The van der Waals surface area contributed by atoms with Gasteiger partial charge in [0.1, 0.15) is 11.4 Å². The summed E-state index contributed by atoms with van der Waals surface area (Å²) in [6.07, 6.45) is 0.402. The molecular weight excluding hydrogens is 331 g/mol. The molecule has 6 heteroatoms. The normalized spacial score (nSPS) is 20.4. The molecule has 1 N–H and O–H groups in total. The lowest BCUT2D eigenvalue weighted by molar-refractivity contribution is -0.132. The molecule has 1 fully saturated rings. The fraction of sp³-hybridized carbons (Fsp3) is 0.222. The maximum absolute atomic E-state index is 13.3. The van der Waals surface area contributed by atoms with Crippen molar-refractivity contribution in [1.82, 2.24) is 10.2 Å². The van der Waals surface area contributed by atoms with E-state index >= 15 is 0 Å². The Labute approximate surface area is 144 Å². The van der Waals surface area contributed by atoms with Gasteiger partial charge in [0.2, 0.25) is 0 Å². The number of halogens is 2. The minimum absolute atomic E-state index is 0.0256.